The molecule has 0 aliphatic heterocycles. The summed E-state index contributed by atoms with van der Waals surface area (Å²) >= 11 is 1.68. The minimum atomic E-state index is 0.149. The van der Waals surface area contributed by atoms with E-state index in [0.29, 0.717) is 0 Å². The van der Waals surface area contributed by atoms with E-state index < -0.39 is 0 Å². The van der Waals surface area contributed by atoms with Crippen LogP contribution in [0.3, 0.4) is 0 Å². The Morgan fingerprint density at radius 2 is 1.74 bits per heavy atom. The van der Waals surface area contributed by atoms with Crippen molar-refractivity contribution in [3.05, 3.63) is 51.0 Å². The van der Waals surface area contributed by atoms with Crippen LogP contribution in [0.5, 0.6) is 0 Å². The third kappa shape index (κ3) is 3.12. The first-order chi connectivity index (χ1) is 10.8. The van der Waals surface area contributed by atoms with Gasteiger partial charge >= 0.3 is 0 Å². The van der Waals surface area contributed by atoms with Crippen LogP contribution in [0.15, 0.2) is 23.7 Å². The number of aldehydes is 1. The Bertz CT molecular complexity index is 713. The number of nitrogens with zero attached hydrogens (tertiary/aromatic N) is 1. The number of aromatic nitrogens is 1. The molecule has 0 saturated heterocycles. The lowest BCUT2D eigenvalue weighted by atomic mass is 9.62. The van der Waals surface area contributed by atoms with Crippen LogP contribution in [0.1, 0.15) is 72.6 Å². The Morgan fingerprint density at radius 1 is 1.09 bits per heavy atom. The molecule has 0 radical (unpaired) electrons. The second-order valence-corrected chi connectivity index (χ2v) is 8.89. The van der Waals surface area contributed by atoms with Crippen LogP contribution in [-0.2, 0) is 23.7 Å². The fourth-order valence-electron chi connectivity index (χ4n) is 3.62. The molecule has 2 nitrogen and oxygen atoms in total. The lowest BCUT2D eigenvalue weighted by molar-refractivity contribution is 0.112. The van der Waals surface area contributed by atoms with Gasteiger partial charge < -0.3 is 0 Å². The molecule has 1 aliphatic carbocycles. The molecule has 0 N–H and O–H groups in total. The molecule has 0 atom stereocenters. The van der Waals surface area contributed by atoms with Crippen molar-refractivity contribution < 1.29 is 4.79 Å². The molecule has 3 heteroatoms. The number of aryl methyl sites for hydroxylation is 2. The molecule has 122 valence electrons. The first-order valence-electron chi connectivity index (χ1n) is 8.35. The van der Waals surface area contributed by atoms with Crippen LogP contribution in [-0.4, -0.2) is 11.3 Å². The lowest BCUT2D eigenvalue weighted by Crippen LogP contribution is -2.34. The molecule has 1 aromatic carbocycles. The van der Waals surface area contributed by atoms with Crippen LogP contribution in [0, 0.1) is 0 Å². The Labute approximate surface area is 143 Å². The fourth-order valence-corrected chi connectivity index (χ4v) is 4.24. The number of benzene rings is 1. The molecule has 0 unspecified atom stereocenters. The minimum absolute atomic E-state index is 0.149. The zero-order chi connectivity index (χ0) is 16.7. The summed E-state index contributed by atoms with van der Waals surface area (Å²) in [4.78, 5) is 16.0. The highest BCUT2D eigenvalue weighted by molar-refractivity contribution is 7.09. The zero-order valence-electron chi connectivity index (χ0n) is 14.5. The van der Waals surface area contributed by atoms with Gasteiger partial charge in [-0.1, -0.05) is 33.8 Å². The summed E-state index contributed by atoms with van der Waals surface area (Å²) in [6.45, 7) is 9.24. The van der Waals surface area contributed by atoms with Gasteiger partial charge in [0, 0.05) is 23.6 Å². The van der Waals surface area contributed by atoms with Gasteiger partial charge in [0.25, 0.3) is 0 Å². The average Bonchev–Trinajstić information content (AvgIpc) is 3.02. The number of hydrogen-bond acceptors (Lipinski definition) is 3. The molecule has 0 saturated carbocycles. The Hall–Kier alpha value is -1.48. The smallest absolute Gasteiger partial charge is 0.150 e. The number of hydrogen-bond donors (Lipinski definition) is 0. The van der Waals surface area contributed by atoms with E-state index >= 15 is 0 Å². The number of carbonyl (C=O) groups excluding carboxylic acids is 1. The monoisotopic (exact) mass is 327 g/mol. The molecule has 2 aromatic rings. The second-order valence-electron chi connectivity index (χ2n) is 7.91. The molecule has 1 aliphatic rings. The zero-order valence-corrected chi connectivity index (χ0v) is 15.3. The van der Waals surface area contributed by atoms with Crippen molar-refractivity contribution in [2.24, 2.45) is 0 Å². The van der Waals surface area contributed by atoms with Gasteiger partial charge in [0.15, 0.2) is 0 Å². The summed E-state index contributed by atoms with van der Waals surface area (Å²) < 4.78 is 0. The van der Waals surface area contributed by atoms with E-state index in [1.54, 1.807) is 11.3 Å². The predicted molar refractivity (Wildman–Crippen MR) is 96.6 cm³/mol. The number of carbonyl (C=O) groups is 1. The van der Waals surface area contributed by atoms with Gasteiger partial charge in [-0.25, -0.2) is 4.98 Å². The quantitative estimate of drug-likeness (QED) is 0.732. The van der Waals surface area contributed by atoms with E-state index in [9.17, 15) is 4.79 Å². The third-order valence-electron chi connectivity index (χ3n) is 5.33. The topological polar surface area (TPSA) is 30.0 Å². The molecule has 3 rings (SSSR count). The summed E-state index contributed by atoms with van der Waals surface area (Å²) in [5.74, 6) is 0. The summed E-state index contributed by atoms with van der Waals surface area (Å²) in [7, 11) is 0. The molecule has 0 spiro atoms. The van der Waals surface area contributed by atoms with E-state index in [1.807, 2.05) is 11.6 Å². The SMILES string of the molecule is CC1(C)CCC(C)(C)c2cc(CCc3nccs3)c(C=O)cc21. The number of thiazole rings is 1. The van der Waals surface area contributed by atoms with Crippen molar-refractivity contribution in [2.45, 2.75) is 64.2 Å². The van der Waals surface area contributed by atoms with Crippen LogP contribution >= 0.6 is 11.3 Å². The standard InChI is InChI=1S/C20H25NOS/c1-19(2)7-8-20(3,4)17-12-15(13-22)14(11-16(17)19)5-6-18-21-9-10-23-18/h9-13H,5-8H2,1-4H3. The highest BCUT2D eigenvalue weighted by atomic mass is 32.1. The summed E-state index contributed by atoms with van der Waals surface area (Å²) in [5.41, 5.74) is 5.13. The van der Waals surface area contributed by atoms with E-state index in [1.165, 1.54) is 29.5 Å². The Balaban J connectivity index is 2.02. The molecule has 1 heterocycles. The van der Waals surface area contributed by atoms with Gasteiger partial charge in [-0.15, -0.1) is 11.3 Å². The third-order valence-corrected chi connectivity index (χ3v) is 6.17. The first kappa shape index (κ1) is 16.4. The highest BCUT2D eigenvalue weighted by Crippen LogP contribution is 2.46. The van der Waals surface area contributed by atoms with Crippen molar-refractivity contribution in [1.82, 2.24) is 4.98 Å². The van der Waals surface area contributed by atoms with Crippen molar-refractivity contribution in [3.63, 3.8) is 0 Å². The Morgan fingerprint density at radius 3 is 2.30 bits per heavy atom. The van der Waals surface area contributed by atoms with Gasteiger partial charge in [-0.3, -0.25) is 4.79 Å². The summed E-state index contributed by atoms with van der Waals surface area (Å²) in [6.07, 6.45) is 7.02. The van der Waals surface area contributed by atoms with Crippen molar-refractivity contribution in [3.8, 4) is 0 Å². The maximum atomic E-state index is 11.6. The molecule has 1 aromatic heterocycles. The molecule has 0 fully saturated rings. The van der Waals surface area contributed by atoms with Crippen LogP contribution in [0.2, 0.25) is 0 Å². The van der Waals surface area contributed by atoms with Crippen LogP contribution in [0.25, 0.3) is 0 Å². The van der Waals surface area contributed by atoms with Gasteiger partial charge in [0.2, 0.25) is 0 Å². The first-order valence-corrected chi connectivity index (χ1v) is 9.23. The Kier molecular flexibility index (Phi) is 4.18. The van der Waals surface area contributed by atoms with E-state index in [2.05, 4.69) is 44.8 Å². The normalized spacial score (nSPS) is 18.4. The van der Waals surface area contributed by atoms with Crippen molar-refractivity contribution in [2.75, 3.05) is 0 Å². The van der Waals surface area contributed by atoms with Crippen LogP contribution < -0.4 is 0 Å². The molecule has 23 heavy (non-hydrogen) atoms. The minimum Gasteiger partial charge on any atom is -0.298 e. The highest BCUT2D eigenvalue weighted by Gasteiger charge is 2.37. The molecule has 0 amide bonds. The number of fused-ring (bicyclic) bond motifs is 1. The van der Waals surface area contributed by atoms with Gasteiger partial charge in [-0.2, -0.15) is 0 Å². The lowest BCUT2D eigenvalue weighted by Gasteiger charge is -2.42. The van der Waals surface area contributed by atoms with Gasteiger partial charge in [0.1, 0.15) is 6.29 Å². The van der Waals surface area contributed by atoms with Crippen molar-refractivity contribution in [1.29, 1.82) is 0 Å². The van der Waals surface area contributed by atoms with Gasteiger partial charge in [-0.05, 0) is 52.8 Å². The molecular weight excluding hydrogens is 302 g/mol. The second kappa shape index (κ2) is 5.86. The molecular formula is C20H25NOS. The maximum absolute atomic E-state index is 11.6. The average molecular weight is 327 g/mol. The predicted octanol–water partition coefficient (Wildman–Crippen LogP) is 5.09. The van der Waals surface area contributed by atoms with Crippen LogP contribution in [0.4, 0.5) is 0 Å². The van der Waals surface area contributed by atoms with Gasteiger partial charge in [0.05, 0.1) is 5.01 Å². The maximum Gasteiger partial charge on any atom is 0.150 e. The fraction of sp³-hybridized carbons (Fsp3) is 0.500. The largest absolute Gasteiger partial charge is 0.298 e. The van der Waals surface area contributed by atoms with E-state index in [-0.39, 0.29) is 10.8 Å². The summed E-state index contributed by atoms with van der Waals surface area (Å²) in [6, 6.07) is 4.45. The van der Waals surface area contributed by atoms with E-state index in [0.717, 1.165) is 29.7 Å². The summed E-state index contributed by atoms with van der Waals surface area (Å²) in [5, 5.41) is 3.15. The van der Waals surface area contributed by atoms with E-state index in [4.69, 9.17) is 0 Å². The molecule has 0 bridgehead atoms. The number of rotatable bonds is 4. The van der Waals surface area contributed by atoms with Crippen molar-refractivity contribution >= 4 is 17.6 Å².